The van der Waals surface area contributed by atoms with Crippen molar-refractivity contribution in [2.45, 2.75) is 25.3 Å². The molecule has 3 heterocycles. The van der Waals surface area contributed by atoms with E-state index in [2.05, 4.69) is 9.83 Å². The van der Waals surface area contributed by atoms with Gasteiger partial charge >= 0.3 is 0 Å². The van der Waals surface area contributed by atoms with Crippen molar-refractivity contribution in [1.82, 2.24) is 14.5 Å². The van der Waals surface area contributed by atoms with Crippen LogP contribution in [0.5, 0.6) is 11.5 Å². The molecule has 5 aromatic rings. The first-order valence-corrected chi connectivity index (χ1v) is 11.5. The van der Waals surface area contributed by atoms with Crippen molar-refractivity contribution in [2.24, 2.45) is 0 Å². The van der Waals surface area contributed by atoms with Crippen LogP contribution in [0.3, 0.4) is 0 Å². The summed E-state index contributed by atoms with van der Waals surface area (Å²) in [7, 11) is 1.64. The minimum atomic E-state index is -0.241. The van der Waals surface area contributed by atoms with Crippen LogP contribution in [0.15, 0.2) is 52.1 Å². The Bertz CT molecular complexity index is 1670. The van der Waals surface area contributed by atoms with Crippen molar-refractivity contribution in [1.29, 1.82) is 0 Å². The maximum atomic E-state index is 13.9. The minimum absolute atomic E-state index is 0.124. The van der Waals surface area contributed by atoms with E-state index in [4.69, 9.17) is 20.7 Å². The Morgan fingerprint density at radius 3 is 2.88 bits per heavy atom. The van der Waals surface area contributed by atoms with Crippen LogP contribution in [0.25, 0.3) is 36.5 Å². The van der Waals surface area contributed by atoms with E-state index in [1.807, 2.05) is 18.2 Å². The molecule has 6 rings (SSSR count). The first-order valence-electron chi connectivity index (χ1n) is 10.7. The molecule has 1 N–H and O–H groups in total. The van der Waals surface area contributed by atoms with Gasteiger partial charge in [-0.3, -0.25) is 9.36 Å². The van der Waals surface area contributed by atoms with Crippen molar-refractivity contribution in [3.05, 3.63) is 76.0 Å². The SMILES string of the molecule is [C-]#[N+]c1ccc2c(sc3nc(-c4ccc(OC)cc4C4CC4)n(Cc4cnco4)c(=O)c32)c1O. The molecule has 9 heteroatoms. The van der Waals surface area contributed by atoms with Crippen molar-refractivity contribution in [3.8, 4) is 22.9 Å². The molecule has 1 aliphatic carbocycles. The highest BCUT2D eigenvalue weighted by molar-refractivity contribution is 7.25. The molecule has 0 saturated heterocycles. The third-order valence-corrected chi connectivity index (χ3v) is 7.26. The van der Waals surface area contributed by atoms with Gasteiger partial charge in [-0.25, -0.2) is 14.8 Å². The Morgan fingerprint density at radius 2 is 2.18 bits per heavy atom. The molecular formula is C25H18N4O4S. The maximum Gasteiger partial charge on any atom is 0.263 e. The number of hydrogen-bond acceptors (Lipinski definition) is 7. The number of oxazole rings is 1. The standard InChI is InChI=1S/C25H18N4O4S/c1-26-19-8-7-17-20-24(34-22(17)21(19)30)28-23(29(25(20)31)11-15-10-27-12-33-15)16-6-5-14(32-2)9-18(16)13-3-4-13/h5-10,12-13,30H,3-4,11H2,2H3. The molecule has 1 fully saturated rings. The number of aromatic nitrogens is 3. The predicted octanol–water partition coefficient (Wildman–Crippen LogP) is 5.46. The molecule has 0 aliphatic heterocycles. The zero-order valence-electron chi connectivity index (χ0n) is 18.1. The number of phenols is 1. The fourth-order valence-corrected chi connectivity index (χ4v) is 5.43. The largest absolute Gasteiger partial charge is 0.518 e. The summed E-state index contributed by atoms with van der Waals surface area (Å²) in [5.41, 5.74) is 1.86. The van der Waals surface area contributed by atoms with Crippen molar-refractivity contribution in [3.63, 3.8) is 0 Å². The van der Waals surface area contributed by atoms with Crippen LogP contribution in [0, 0.1) is 6.57 Å². The highest BCUT2D eigenvalue weighted by Crippen LogP contribution is 2.46. The van der Waals surface area contributed by atoms with Gasteiger partial charge in [0, 0.05) is 10.9 Å². The second kappa shape index (κ2) is 7.71. The summed E-state index contributed by atoms with van der Waals surface area (Å²) in [6.07, 6.45) is 5.06. The molecule has 34 heavy (non-hydrogen) atoms. The zero-order valence-corrected chi connectivity index (χ0v) is 18.9. The second-order valence-corrected chi connectivity index (χ2v) is 9.22. The van der Waals surface area contributed by atoms with Gasteiger partial charge in [0.1, 0.15) is 27.9 Å². The smallest absolute Gasteiger partial charge is 0.263 e. The fraction of sp³-hybridized carbons (Fsp3) is 0.200. The summed E-state index contributed by atoms with van der Waals surface area (Å²) < 4.78 is 13.0. The Hall–Kier alpha value is -4.16. The van der Waals surface area contributed by atoms with E-state index in [1.54, 1.807) is 23.9 Å². The molecule has 168 valence electrons. The van der Waals surface area contributed by atoms with Crippen LogP contribution in [-0.2, 0) is 6.54 Å². The number of benzene rings is 2. The van der Waals surface area contributed by atoms with Gasteiger partial charge < -0.3 is 14.3 Å². The quantitative estimate of drug-likeness (QED) is 0.343. The van der Waals surface area contributed by atoms with E-state index >= 15 is 0 Å². The third kappa shape index (κ3) is 3.15. The summed E-state index contributed by atoms with van der Waals surface area (Å²) in [5, 5.41) is 11.6. The summed E-state index contributed by atoms with van der Waals surface area (Å²) in [4.78, 5) is 26.7. The molecule has 0 bridgehead atoms. The maximum absolute atomic E-state index is 13.9. The normalized spacial score (nSPS) is 13.4. The molecule has 0 radical (unpaired) electrons. The highest BCUT2D eigenvalue weighted by Gasteiger charge is 2.29. The first-order chi connectivity index (χ1) is 16.6. The number of thiophene rings is 1. The Kier molecular flexibility index (Phi) is 4.64. The molecule has 2 aromatic carbocycles. The van der Waals surface area contributed by atoms with Crippen LogP contribution in [0.4, 0.5) is 5.69 Å². The number of hydrogen-bond donors (Lipinski definition) is 1. The Morgan fingerprint density at radius 1 is 1.32 bits per heavy atom. The molecule has 0 spiro atoms. The van der Waals surface area contributed by atoms with Crippen molar-refractivity contribution >= 4 is 37.3 Å². The molecule has 1 aliphatic rings. The van der Waals surface area contributed by atoms with Gasteiger partial charge in [-0.1, -0.05) is 12.1 Å². The van der Waals surface area contributed by atoms with E-state index in [0.29, 0.717) is 37.8 Å². The topological polar surface area (TPSA) is 94.7 Å². The number of nitrogens with zero attached hydrogens (tertiary/aromatic N) is 4. The number of rotatable bonds is 5. The Labute approximate surface area is 197 Å². The Balaban J connectivity index is 1.68. The average Bonchev–Trinajstić information content (AvgIpc) is 3.44. The van der Waals surface area contributed by atoms with Crippen molar-refractivity contribution < 1.29 is 14.3 Å². The lowest BCUT2D eigenvalue weighted by molar-refractivity contribution is 0.414. The lowest BCUT2D eigenvalue weighted by Crippen LogP contribution is -2.24. The third-order valence-electron chi connectivity index (χ3n) is 6.15. The number of methoxy groups -OCH3 is 1. The van der Waals surface area contributed by atoms with Gasteiger partial charge in [-0.05, 0) is 42.5 Å². The zero-order chi connectivity index (χ0) is 23.4. The van der Waals surface area contributed by atoms with Crippen LogP contribution in [0.2, 0.25) is 0 Å². The van der Waals surface area contributed by atoms with E-state index in [-0.39, 0.29) is 23.5 Å². The number of phenolic OH excluding ortho intramolecular Hbond substituents is 1. The monoisotopic (exact) mass is 470 g/mol. The van der Waals surface area contributed by atoms with E-state index < -0.39 is 0 Å². The summed E-state index contributed by atoms with van der Waals surface area (Å²) >= 11 is 1.22. The fourth-order valence-electron chi connectivity index (χ4n) is 4.32. The predicted molar refractivity (Wildman–Crippen MR) is 129 cm³/mol. The lowest BCUT2D eigenvalue weighted by atomic mass is 10.0. The lowest BCUT2D eigenvalue weighted by Gasteiger charge is -2.15. The van der Waals surface area contributed by atoms with Crippen LogP contribution < -0.4 is 10.3 Å². The van der Waals surface area contributed by atoms with E-state index in [9.17, 15) is 9.90 Å². The van der Waals surface area contributed by atoms with Gasteiger partial charge in [0.25, 0.3) is 5.56 Å². The van der Waals surface area contributed by atoms with Crippen molar-refractivity contribution in [2.75, 3.05) is 7.11 Å². The van der Waals surface area contributed by atoms with Gasteiger partial charge in [0.15, 0.2) is 6.39 Å². The number of ether oxygens (including phenoxy) is 1. The molecule has 0 unspecified atom stereocenters. The molecule has 1 saturated carbocycles. The molecular weight excluding hydrogens is 452 g/mol. The summed E-state index contributed by atoms with van der Waals surface area (Å²) in [6.45, 7) is 7.45. The first kappa shape index (κ1) is 20.4. The highest BCUT2D eigenvalue weighted by atomic mass is 32.1. The minimum Gasteiger partial charge on any atom is -0.518 e. The molecule has 0 atom stereocenters. The van der Waals surface area contributed by atoms with Gasteiger partial charge in [-0.15, -0.1) is 11.3 Å². The molecule has 0 amide bonds. The van der Waals surface area contributed by atoms with Gasteiger partial charge in [0.05, 0.1) is 36.5 Å². The number of fused-ring (bicyclic) bond motifs is 3. The van der Waals surface area contributed by atoms with Gasteiger partial charge in [0.2, 0.25) is 5.69 Å². The van der Waals surface area contributed by atoms with E-state index in [0.717, 1.165) is 29.7 Å². The van der Waals surface area contributed by atoms with Gasteiger partial charge in [-0.2, -0.15) is 0 Å². The van der Waals surface area contributed by atoms with Crippen LogP contribution in [0.1, 0.15) is 30.1 Å². The second-order valence-electron chi connectivity index (χ2n) is 8.23. The number of aromatic hydroxyl groups is 1. The van der Waals surface area contributed by atoms with Crippen LogP contribution in [-0.4, -0.2) is 26.8 Å². The summed E-state index contributed by atoms with van der Waals surface area (Å²) in [5.74, 6) is 2.08. The average molecular weight is 471 g/mol. The molecule has 8 nitrogen and oxygen atoms in total. The van der Waals surface area contributed by atoms with Crippen LogP contribution >= 0.6 is 11.3 Å². The van der Waals surface area contributed by atoms with E-state index in [1.165, 1.54) is 23.8 Å². The summed E-state index contributed by atoms with van der Waals surface area (Å²) in [6, 6.07) is 9.06. The molecule has 3 aromatic heterocycles.